The summed E-state index contributed by atoms with van der Waals surface area (Å²) in [6, 6.07) is 3.04. The molecular weight excluding hydrogens is 136 g/mol. The number of likely N-dealkylation sites (tertiary alicyclic amines) is 1. The van der Waals surface area contributed by atoms with Crippen LogP contribution in [-0.4, -0.2) is 24.0 Å². The van der Waals surface area contributed by atoms with Crippen molar-refractivity contribution in [3.63, 3.8) is 0 Å². The molecule has 2 nitrogen and oxygen atoms in total. The van der Waals surface area contributed by atoms with E-state index in [2.05, 4.69) is 11.0 Å². The Bertz CT molecular complexity index is 178. The lowest BCUT2D eigenvalue weighted by Crippen LogP contribution is -2.46. The summed E-state index contributed by atoms with van der Waals surface area (Å²) in [5.74, 6) is 0.343. The van der Waals surface area contributed by atoms with Gasteiger partial charge in [0, 0.05) is 6.04 Å². The van der Waals surface area contributed by atoms with E-state index >= 15 is 0 Å². The van der Waals surface area contributed by atoms with Gasteiger partial charge in [-0.15, -0.1) is 0 Å². The smallest absolute Gasteiger partial charge is 0.0672 e. The van der Waals surface area contributed by atoms with Crippen LogP contribution in [0, 0.1) is 17.2 Å². The van der Waals surface area contributed by atoms with Crippen LogP contribution in [0.5, 0.6) is 0 Å². The highest BCUT2D eigenvalue weighted by atomic mass is 15.2. The highest BCUT2D eigenvalue weighted by Crippen LogP contribution is 2.31. The van der Waals surface area contributed by atoms with Gasteiger partial charge in [0.15, 0.2) is 0 Å². The van der Waals surface area contributed by atoms with Crippen LogP contribution in [-0.2, 0) is 0 Å². The van der Waals surface area contributed by atoms with Crippen LogP contribution in [0.1, 0.15) is 25.7 Å². The molecule has 0 radical (unpaired) electrons. The van der Waals surface area contributed by atoms with Crippen molar-refractivity contribution in [3.05, 3.63) is 0 Å². The fourth-order valence-corrected chi connectivity index (χ4v) is 2.20. The second-order valence-corrected chi connectivity index (χ2v) is 3.62. The molecule has 0 aromatic carbocycles. The Kier molecular flexibility index (Phi) is 1.83. The van der Waals surface area contributed by atoms with E-state index in [-0.39, 0.29) is 0 Å². The zero-order valence-electron chi connectivity index (χ0n) is 6.79. The minimum absolute atomic E-state index is 0.343. The standard InChI is InChI=1S/C9H14N2/c10-7-8-3-1-4-9(8)11-5-2-6-11/h8-9H,1-6H2. The lowest BCUT2D eigenvalue weighted by molar-refractivity contribution is 0.105. The summed E-state index contributed by atoms with van der Waals surface area (Å²) >= 11 is 0. The number of hydrogen-bond acceptors (Lipinski definition) is 2. The lowest BCUT2D eigenvalue weighted by Gasteiger charge is -2.37. The molecule has 2 atom stereocenters. The van der Waals surface area contributed by atoms with E-state index < -0.39 is 0 Å². The highest BCUT2D eigenvalue weighted by molar-refractivity contribution is 4.98. The number of nitrogens with zero attached hydrogens (tertiary/aromatic N) is 2. The van der Waals surface area contributed by atoms with Gasteiger partial charge >= 0.3 is 0 Å². The minimum Gasteiger partial charge on any atom is -0.299 e. The van der Waals surface area contributed by atoms with Gasteiger partial charge in [-0.2, -0.15) is 5.26 Å². The number of nitriles is 1. The molecule has 0 aromatic rings. The van der Waals surface area contributed by atoms with E-state index in [4.69, 9.17) is 5.26 Å². The monoisotopic (exact) mass is 150 g/mol. The van der Waals surface area contributed by atoms with Gasteiger partial charge in [-0.25, -0.2) is 0 Å². The van der Waals surface area contributed by atoms with Crippen LogP contribution in [0.2, 0.25) is 0 Å². The molecule has 0 aromatic heterocycles. The first-order valence-electron chi connectivity index (χ1n) is 4.55. The van der Waals surface area contributed by atoms with E-state index in [0.717, 1.165) is 6.42 Å². The van der Waals surface area contributed by atoms with E-state index in [0.29, 0.717) is 12.0 Å². The molecule has 11 heavy (non-hydrogen) atoms. The van der Waals surface area contributed by atoms with Crippen molar-refractivity contribution in [1.82, 2.24) is 4.90 Å². The predicted octanol–water partition coefficient (Wildman–Crippen LogP) is 1.38. The molecular formula is C9H14N2. The third-order valence-corrected chi connectivity index (χ3v) is 3.00. The Balaban J connectivity index is 1.96. The molecule has 2 unspecified atom stereocenters. The minimum atomic E-state index is 0.343. The molecule has 2 rings (SSSR count). The molecule has 2 aliphatic rings. The van der Waals surface area contributed by atoms with E-state index in [1.165, 1.54) is 32.4 Å². The van der Waals surface area contributed by atoms with Crippen molar-refractivity contribution < 1.29 is 0 Å². The van der Waals surface area contributed by atoms with Crippen LogP contribution < -0.4 is 0 Å². The summed E-state index contributed by atoms with van der Waals surface area (Å²) in [6.07, 6.45) is 5.00. The normalized spacial score (nSPS) is 38.1. The average molecular weight is 150 g/mol. The largest absolute Gasteiger partial charge is 0.299 e. The molecule has 1 saturated carbocycles. The Morgan fingerprint density at radius 3 is 2.55 bits per heavy atom. The quantitative estimate of drug-likeness (QED) is 0.564. The van der Waals surface area contributed by atoms with Crippen molar-refractivity contribution in [2.75, 3.05) is 13.1 Å². The van der Waals surface area contributed by atoms with Crippen LogP contribution >= 0.6 is 0 Å². The van der Waals surface area contributed by atoms with Gasteiger partial charge in [-0.05, 0) is 32.4 Å². The molecule has 1 aliphatic heterocycles. The molecule has 2 fully saturated rings. The Hall–Kier alpha value is -0.550. The molecule has 60 valence electrons. The third kappa shape index (κ3) is 1.14. The van der Waals surface area contributed by atoms with Crippen LogP contribution in [0.15, 0.2) is 0 Å². The van der Waals surface area contributed by atoms with Gasteiger partial charge in [0.25, 0.3) is 0 Å². The molecule has 0 bridgehead atoms. The summed E-state index contributed by atoms with van der Waals surface area (Å²) in [5, 5.41) is 8.83. The Labute approximate surface area is 67.8 Å². The SMILES string of the molecule is N#CC1CCCC1N1CCC1. The summed E-state index contributed by atoms with van der Waals surface area (Å²) in [4.78, 5) is 2.47. The van der Waals surface area contributed by atoms with E-state index in [9.17, 15) is 0 Å². The average Bonchev–Trinajstić information content (AvgIpc) is 2.32. The first kappa shape index (κ1) is 7.12. The first-order chi connectivity index (χ1) is 5.42. The maximum Gasteiger partial charge on any atom is 0.0672 e. The maximum absolute atomic E-state index is 8.83. The van der Waals surface area contributed by atoms with Gasteiger partial charge in [0.1, 0.15) is 0 Å². The summed E-state index contributed by atoms with van der Waals surface area (Å²) < 4.78 is 0. The zero-order chi connectivity index (χ0) is 7.68. The Morgan fingerprint density at radius 2 is 2.00 bits per heavy atom. The molecule has 0 N–H and O–H groups in total. The topological polar surface area (TPSA) is 27.0 Å². The third-order valence-electron chi connectivity index (χ3n) is 3.00. The summed E-state index contributed by atoms with van der Waals surface area (Å²) in [5.41, 5.74) is 0. The van der Waals surface area contributed by atoms with Gasteiger partial charge in [-0.1, -0.05) is 6.42 Å². The summed E-state index contributed by atoms with van der Waals surface area (Å²) in [7, 11) is 0. The van der Waals surface area contributed by atoms with Crippen LogP contribution in [0.25, 0.3) is 0 Å². The second-order valence-electron chi connectivity index (χ2n) is 3.62. The number of hydrogen-bond donors (Lipinski definition) is 0. The van der Waals surface area contributed by atoms with Crippen LogP contribution in [0.3, 0.4) is 0 Å². The van der Waals surface area contributed by atoms with Gasteiger partial charge in [0.05, 0.1) is 12.0 Å². The molecule has 0 spiro atoms. The fourth-order valence-electron chi connectivity index (χ4n) is 2.20. The van der Waals surface area contributed by atoms with Gasteiger partial charge < -0.3 is 0 Å². The predicted molar refractivity (Wildman–Crippen MR) is 42.9 cm³/mol. The van der Waals surface area contributed by atoms with Crippen molar-refractivity contribution in [2.24, 2.45) is 5.92 Å². The van der Waals surface area contributed by atoms with Crippen molar-refractivity contribution in [2.45, 2.75) is 31.7 Å². The number of rotatable bonds is 1. The molecule has 1 saturated heterocycles. The second kappa shape index (κ2) is 2.83. The zero-order valence-corrected chi connectivity index (χ0v) is 6.79. The lowest BCUT2D eigenvalue weighted by atomic mass is 10.0. The molecule has 1 aliphatic carbocycles. The molecule has 0 amide bonds. The van der Waals surface area contributed by atoms with E-state index in [1.807, 2.05) is 0 Å². The van der Waals surface area contributed by atoms with Crippen molar-refractivity contribution >= 4 is 0 Å². The van der Waals surface area contributed by atoms with Gasteiger partial charge in [-0.3, -0.25) is 4.90 Å². The molecule has 1 heterocycles. The van der Waals surface area contributed by atoms with Crippen molar-refractivity contribution in [3.8, 4) is 6.07 Å². The maximum atomic E-state index is 8.83. The van der Waals surface area contributed by atoms with Gasteiger partial charge in [0.2, 0.25) is 0 Å². The first-order valence-corrected chi connectivity index (χ1v) is 4.55. The highest BCUT2D eigenvalue weighted by Gasteiger charge is 2.34. The van der Waals surface area contributed by atoms with Crippen molar-refractivity contribution in [1.29, 1.82) is 5.26 Å². The van der Waals surface area contributed by atoms with E-state index in [1.54, 1.807) is 0 Å². The Morgan fingerprint density at radius 1 is 1.18 bits per heavy atom. The summed E-state index contributed by atoms with van der Waals surface area (Å²) in [6.45, 7) is 2.48. The molecule has 2 heteroatoms. The fraction of sp³-hybridized carbons (Fsp3) is 0.889. The van der Waals surface area contributed by atoms with Crippen LogP contribution in [0.4, 0.5) is 0 Å².